The van der Waals surface area contributed by atoms with Gasteiger partial charge in [-0.3, -0.25) is 0 Å². The first-order chi connectivity index (χ1) is 14.2. The Bertz CT molecular complexity index is 639. The fraction of sp³-hybridized carbons (Fsp3) is 0.929. The van der Waals surface area contributed by atoms with Crippen LogP contribution in [0.25, 0.3) is 0 Å². The Morgan fingerprint density at radius 1 is 1.03 bits per heavy atom. The van der Waals surface area contributed by atoms with Gasteiger partial charge in [0.2, 0.25) is 0 Å². The maximum atomic E-state index is 11.7. The van der Waals surface area contributed by atoms with Crippen molar-refractivity contribution >= 4 is 0 Å². The number of hydrogen-bond acceptors (Lipinski definition) is 2. The molecule has 0 spiro atoms. The lowest BCUT2D eigenvalue weighted by Crippen LogP contribution is -2.55. The molecule has 0 heterocycles. The summed E-state index contributed by atoms with van der Waals surface area (Å²) < 4.78 is 0. The first kappa shape index (κ1) is 22.8. The molecule has 30 heavy (non-hydrogen) atoms. The minimum atomic E-state index is -0.612. The normalized spacial score (nSPS) is 45.3. The van der Waals surface area contributed by atoms with Gasteiger partial charge in [-0.15, -0.1) is 0 Å². The van der Waals surface area contributed by atoms with Gasteiger partial charge in [-0.2, -0.15) is 0 Å². The number of aliphatic hydroxyl groups is 2. The van der Waals surface area contributed by atoms with E-state index in [0.717, 1.165) is 48.9 Å². The highest BCUT2D eigenvalue weighted by atomic mass is 16.3. The first-order valence-electron chi connectivity index (χ1n) is 13.3. The van der Waals surface area contributed by atoms with Crippen molar-refractivity contribution in [2.75, 3.05) is 0 Å². The molecule has 3 saturated carbocycles. The van der Waals surface area contributed by atoms with Crippen molar-refractivity contribution in [2.45, 2.75) is 117 Å². The standard InChI is InChI=1S/C28H48O2/c1-6-20(18(2)3)8-7-19(4)24-11-12-25-23-10-9-21-17-22(29)13-16-28(21,30)26(23)14-15-27(24,25)5/h9,18-20,22-26,29-30H,6-8,10-17H2,1-5H3. The molecule has 0 amide bonds. The molecule has 2 N–H and O–H groups in total. The SMILES string of the molecule is CCC(CCC(C)C1CCC2C3CC=C4CC(O)CCC4(O)C3CCC12C)C(C)C. The summed E-state index contributed by atoms with van der Waals surface area (Å²) in [7, 11) is 0. The van der Waals surface area contributed by atoms with E-state index in [1.165, 1.54) is 50.5 Å². The van der Waals surface area contributed by atoms with E-state index in [1.807, 2.05) is 0 Å². The van der Waals surface area contributed by atoms with Gasteiger partial charge >= 0.3 is 0 Å². The quantitative estimate of drug-likeness (QED) is 0.470. The molecule has 0 bridgehead atoms. The second kappa shape index (κ2) is 8.54. The minimum Gasteiger partial charge on any atom is -0.393 e. The van der Waals surface area contributed by atoms with Gasteiger partial charge in [0.05, 0.1) is 11.7 Å². The lowest BCUT2D eigenvalue weighted by atomic mass is 9.49. The lowest BCUT2D eigenvalue weighted by molar-refractivity contribution is -0.112. The minimum absolute atomic E-state index is 0.239. The monoisotopic (exact) mass is 416 g/mol. The predicted molar refractivity (Wildman–Crippen MR) is 125 cm³/mol. The summed E-state index contributed by atoms with van der Waals surface area (Å²) in [5.41, 5.74) is 1.03. The molecule has 4 aliphatic rings. The molecule has 2 heteroatoms. The molecule has 9 unspecified atom stereocenters. The Balaban J connectivity index is 1.47. The van der Waals surface area contributed by atoms with Crippen LogP contribution in [0, 0.1) is 46.8 Å². The molecular formula is C28H48O2. The third-order valence-electron chi connectivity index (χ3n) is 10.8. The fourth-order valence-electron chi connectivity index (χ4n) is 8.91. The van der Waals surface area contributed by atoms with Crippen LogP contribution < -0.4 is 0 Å². The maximum Gasteiger partial charge on any atom is 0.0889 e. The smallest absolute Gasteiger partial charge is 0.0889 e. The Hall–Kier alpha value is -0.340. The van der Waals surface area contributed by atoms with Gasteiger partial charge in [-0.1, -0.05) is 53.5 Å². The van der Waals surface area contributed by atoms with Gasteiger partial charge in [0.25, 0.3) is 0 Å². The second-order valence-corrected chi connectivity index (χ2v) is 12.4. The van der Waals surface area contributed by atoms with E-state index >= 15 is 0 Å². The van der Waals surface area contributed by atoms with E-state index in [9.17, 15) is 10.2 Å². The van der Waals surface area contributed by atoms with E-state index in [1.54, 1.807) is 0 Å². The highest BCUT2D eigenvalue weighted by molar-refractivity contribution is 5.28. The molecular weight excluding hydrogens is 368 g/mol. The third kappa shape index (κ3) is 3.72. The van der Waals surface area contributed by atoms with E-state index in [4.69, 9.17) is 0 Å². The first-order valence-corrected chi connectivity index (χ1v) is 13.3. The summed E-state index contributed by atoms with van der Waals surface area (Å²) >= 11 is 0. The average molecular weight is 417 g/mol. The zero-order chi connectivity index (χ0) is 21.7. The van der Waals surface area contributed by atoms with Crippen LogP contribution in [-0.4, -0.2) is 21.9 Å². The maximum absolute atomic E-state index is 11.7. The molecule has 0 aromatic rings. The zero-order valence-electron chi connectivity index (χ0n) is 20.4. The van der Waals surface area contributed by atoms with Crippen LogP contribution in [0.1, 0.15) is 105 Å². The van der Waals surface area contributed by atoms with Crippen molar-refractivity contribution in [1.82, 2.24) is 0 Å². The molecule has 0 saturated heterocycles. The number of rotatable bonds is 6. The van der Waals surface area contributed by atoms with Gasteiger partial charge in [-0.25, -0.2) is 0 Å². The third-order valence-corrected chi connectivity index (χ3v) is 10.8. The van der Waals surface area contributed by atoms with Gasteiger partial charge in [0, 0.05) is 0 Å². The van der Waals surface area contributed by atoms with Crippen LogP contribution in [0.15, 0.2) is 11.6 Å². The highest BCUT2D eigenvalue weighted by Crippen LogP contribution is 2.65. The van der Waals surface area contributed by atoms with Crippen LogP contribution in [0.3, 0.4) is 0 Å². The van der Waals surface area contributed by atoms with Gasteiger partial charge in [0.1, 0.15) is 0 Å². The Kier molecular flexibility index (Phi) is 6.50. The zero-order valence-corrected chi connectivity index (χ0v) is 20.4. The lowest BCUT2D eigenvalue weighted by Gasteiger charge is -2.57. The van der Waals surface area contributed by atoms with Crippen molar-refractivity contribution in [3.05, 3.63) is 11.6 Å². The topological polar surface area (TPSA) is 40.5 Å². The van der Waals surface area contributed by atoms with E-state index in [0.29, 0.717) is 23.7 Å². The molecule has 9 atom stereocenters. The summed E-state index contributed by atoms with van der Waals surface area (Å²) in [5, 5.41) is 21.9. The molecule has 4 aliphatic carbocycles. The van der Waals surface area contributed by atoms with Gasteiger partial charge in [0.15, 0.2) is 0 Å². The molecule has 0 aliphatic heterocycles. The van der Waals surface area contributed by atoms with Crippen molar-refractivity contribution in [2.24, 2.45) is 46.8 Å². The Labute approximate surface area is 185 Å². The van der Waals surface area contributed by atoms with Crippen molar-refractivity contribution < 1.29 is 10.2 Å². The summed E-state index contributed by atoms with van der Waals surface area (Å²) in [5.74, 6) is 5.25. The van der Waals surface area contributed by atoms with E-state index in [-0.39, 0.29) is 6.10 Å². The molecule has 172 valence electrons. The number of allylic oxidation sites excluding steroid dienone is 1. The molecule has 2 nitrogen and oxygen atoms in total. The predicted octanol–water partition coefficient (Wildman–Crippen LogP) is 6.75. The summed E-state index contributed by atoms with van der Waals surface area (Å²) in [4.78, 5) is 0. The van der Waals surface area contributed by atoms with Crippen LogP contribution in [0.2, 0.25) is 0 Å². The average Bonchev–Trinajstić information content (AvgIpc) is 3.06. The van der Waals surface area contributed by atoms with Crippen LogP contribution in [0.4, 0.5) is 0 Å². The number of fused-ring (bicyclic) bond motifs is 5. The highest BCUT2D eigenvalue weighted by Gasteiger charge is 2.60. The number of aliphatic hydroxyl groups excluding tert-OH is 1. The van der Waals surface area contributed by atoms with E-state index in [2.05, 4.69) is 40.7 Å². The van der Waals surface area contributed by atoms with Crippen LogP contribution >= 0.6 is 0 Å². The molecule has 0 aromatic carbocycles. The molecule has 3 fully saturated rings. The molecule has 4 rings (SSSR count). The van der Waals surface area contributed by atoms with Crippen molar-refractivity contribution in [1.29, 1.82) is 0 Å². The summed E-state index contributed by atoms with van der Waals surface area (Å²) in [6.07, 6.45) is 14.9. The summed E-state index contributed by atoms with van der Waals surface area (Å²) in [6.45, 7) is 12.3. The molecule has 0 aromatic heterocycles. The van der Waals surface area contributed by atoms with Crippen LogP contribution in [-0.2, 0) is 0 Å². The van der Waals surface area contributed by atoms with E-state index < -0.39 is 5.60 Å². The van der Waals surface area contributed by atoms with Crippen LogP contribution in [0.5, 0.6) is 0 Å². The molecule has 0 radical (unpaired) electrons. The second-order valence-electron chi connectivity index (χ2n) is 12.4. The fourth-order valence-corrected chi connectivity index (χ4v) is 8.91. The summed E-state index contributed by atoms with van der Waals surface area (Å²) in [6, 6.07) is 0. The largest absolute Gasteiger partial charge is 0.393 e. The van der Waals surface area contributed by atoms with Crippen molar-refractivity contribution in [3.63, 3.8) is 0 Å². The van der Waals surface area contributed by atoms with Gasteiger partial charge < -0.3 is 10.2 Å². The number of hydrogen-bond donors (Lipinski definition) is 2. The Morgan fingerprint density at radius 2 is 1.80 bits per heavy atom. The Morgan fingerprint density at radius 3 is 2.50 bits per heavy atom. The van der Waals surface area contributed by atoms with Crippen molar-refractivity contribution in [3.8, 4) is 0 Å². The van der Waals surface area contributed by atoms with Gasteiger partial charge in [-0.05, 0) is 110 Å².